The highest BCUT2D eigenvalue weighted by molar-refractivity contribution is 7.09. The Labute approximate surface area is 109 Å². The lowest BCUT2D eigenvalue weighted by atomic mass is 9.96. The van der Waals surface area contributed by atoms with Gasteiger partial charge < -0.3 is 10.2 Å². The highest BCUT2D eigenvalue weighted by Gasteiger charge is 2.35. The monoisotopic (exact) mass is 252 g/mol. The molecule has 0 saturated heterocycles. The van der Waals surface area contributed by atoms with Gasteiger partial charge in [0.1, 0.15) is 0 Å². The summed E-state index contributed by atoms with van der Waals surface area (Å²) in [5.74, 6) is 0. The number of nitrogens with one attached hydrogen (secondary N) is 1. The fourth-order valence-electron chi connectivity index (χ4n) is 2.80. The van der Waals surface area contributed by atoms with Crippen molar-refractivity contribution in [3.8, 4) is 0 Å². The number of rotatable bonds is 6. The van der Waals surface area contributed by atoms with E-state index in [1.807, 2.05) is 11.3 Å². The third kappa shape index (κ3) is 3.30. The zero-order chi connectivity index (χ0) is 12.1. The first-order valence-electron chi connectivity index (χ1n) is 6.63. The SMILES string of the molecule is CN(C)C1(CNCCc2cccs2)CCCC1. The van der Waals surface area contributed by atoms with Crippen molar-refractivity contribution in [3.05, 3.63) is 22.4 Å². The van der Waals surface area contributed by atoms with Gasteiger partial charge in [0.15, 0.2) is 0 Å². The predicted molar refractivity (Wildman–Crippen MR) is 75.8 cm³/mol. The molecule has 1 aliphatic carbocycles. The molecule has 1 aromatic rings. The summed E-state index contributed by atoms with van der Waals surface area (Å²) < 4.78 is 0. The summed E-state index contributed by atoms with van der Waals surface area (Å²) in [4.78, 5) is 3.92. The summed E-state index contributed by atoms with van der Waals surface area (Å²) in [7, 11) is 4.46. The molecule has 1 aliphatic rings. The third-order valence-corrected chi connectivity index (χ3v) is 5.00. The summed E-state index contributed by atoms with van der Waals surface area (Å²) in [6.07, 6.45) is 6.66. The van der Waals surface area contributed by atoms with E-state index in [2.05, 4.69) is 41.8 Å². The van der Waals surface area contributed by atoms with Crippen molar-refractivity contribution in [2.24, 2.45) is 0 Å². The van der Waals surface area contributed by atoms with Crippen LogP contribution in [0.1, 0.15) is 30.6 Å². The third-order valence-electron chi connectivity index (χ3n) is 4.07. The van der Waals surface area contributed by atoms with Gasteiger partial charge in [-0.05, 0) is 44.8 Å². The molecule has 0 spiro atoms. The van der Waals surface area contributed by atoms with E-state index in [0.717, 1.165) is 13.1 Å². The first-order valence-corrected chi connectivity index (χ1v) is 7.51. The van der Waals surface area contributed by atoms with Gasteiger partial charge >= 0.3 is 0 Å². The minimum absolute atomic E-state index is 0.426. The zero-order valence-electron chi connectivity index (χ0n) is 11.0. The number of hydrogen-bond acceptors (Lipinski definition) is 3. The van der Waals surface area contributed by atoms with E-state index in [1.165, 1.54) is 37.0 Å². The van der Waals surface area contributed by atoms with Crippen LogP contribution in [0.5, 0.6) is 0 Å². The minimum Gasteiger partial charge on any atom is -0.315 e. The van der Waals surface area contributed by atoms with Gasteiger partial charge in [-0.15, -0.1) is 11.3 Å². The topological polar surface area (TPSA) is 15.3 Å². The average Bonchev–Trinajstić information content (AvgIpc) is 2.96. The van der Waals surface area contributed by atoms with Crippen molar-refractivity contribution in [2.75, 3.05) is 27.2 Å². The Bertz CT molecular complexity index is 313. The Morgan fingerprint density at radius 3 is 2.71 bits per heavy atom. The predicted octanol–water partition coefficient (Wildman–Crippen LogP) is 2.75. The Morgan fingerprint density at radius 1 is 1.35 bits per heavy atom. The lowest BCUT2D eigenvalue weighted by Gasteiger charge is -2.36. The number of nitrogens with zero attached hydrogens (tertiary/aromatic N) is 1. The molecule has 0 aromatic carbocycles. The van der Waals surface area contributed by atoms with Gasteiger partial charge in [-0.25, -0.2) is 0 Å². The summed E-state index contributed by atoms with van der Waals surface area (Å²) in [6.45, 7) is 2.25. The molecule has 96 valence electrons. The van der Waals surface area contributed by atoms with E-state index in [-0.39, 0.29) is 0 Å². The normalized spacial score (nSPS) is 19.0. The van der Waals surface area contributed by atoms with Gasteiger partial charge in [0.25, 0.3) is 0 Å². The maximum atomic E-state index is 3.65. The van der Waals surface area contributed by atoms with Crippen LogP contribution in [0.2, 0.25) is 0 Å². The van der Waals surface area contributed by atoms with E-state index in [9.17, 15) is 0 Å². The maximum Gasteiger partial charge on any atom is 0.0327 e. The van der Waals surface area contributed by atoms with Gasteiger partial charge in [0, 0.05) is 23.5 Å². The molecule has 1 fully saturated rings. The van der Waals surface area contributed by atoms with Crippen LogP contribution in [0.25, 0.3) is 0 Å². The fourth-order valence-corrected chi connectivity index (χ4v) is 3.51. The van der Waals surface area contributed by atoms with Crippen molar-refractivity contribution < 1.29 is 0 Å². The Balaban J connectivity index is 1.73. The molecule has 0 amide bonds. The van der Waals surface area contributed by atoms with Crippen LogP contribution in [0, 0.1) is 0 Å². The van der Waals surface area contributed by atoms with Gasteiger partial charge in [-0.3, -0.25) is 0 Å². The van der Waals surface area contributed by atoms with Crippen molar-refractivity contribution >= 4 is 11.3 Å². The molecular weight excluding hydrogens is 228 g/mol. The second-order valence-corrected chi connectivity index (χ2v) is 6.36. The smallest absolute Gasteiger partial charge is 0.0327 e. The second kappa shape index (κ2) is 5.98. The summed E-state index contributed by atoms with van der Waals surface area (Å²) >= 11 is 1.86. The van der Waals surface area contributed by atoms with Crippen LogP contribution >= 0.6 is 11.3 Å². The highest BCUT2D eigenvalue weighted by Crippen LogP contribution is 2.32. The van der Waals surface area contributed by atoms with Crippen molar-refractivity contribution in [3.63, 3.8) is 0 Å². The molecule has 2 nitrogen and oxygen atoms in total. The quantitative estimate of drug-likeness (QED) is 0.783. The Hall–Kier alpha value is -0.380. The van der Waals surface area contributed by atoms with Crippen molar-refractivity contribution in [1.82, 2.24) is 10.2 Å². The molecular formula is C14H24N2S. The summed E-state index contributed by atoms with van der Waals surface area (Å²) in [6, 6.07) is 4.36. The molecule has 1 saturated carbocycles. The number of likely N-dealkylation sites (N-methyl/N-ethyl adjacent to an activating group) is 1. The van der Waals surface area contributed by atoms with E-state index < -0.39 is 0 Å². The van der Waals surface area contributed by atoms with Crippen LogP contribution < -0.4 is 5.32 Å². The van der Waals surface area contributed by atoms with Crippen LogP contribution in [-0.2, 0) is 6.42 Å². The standard InChI is InChI=1S/C14H24N2S/c1-16(2)14(8-3-4-9-14)12-15-10-7-13-6-5-11-17-13/h5-6,11,15H,3-4,7-10,12H2,1-2H3. The largest absolute Gasteiger partial charge is 0.315 e. The Morgan fingerprint density at radius 2 is 2.12 bits per heavy atom. The highest BCUT2D eigenvalue weighted by atomic mass is 32.1. The molecule has 0 radical (unpaired) electrons. The average molecular weight is 252 g/mol. The summed E-state index contributed by atoms with van der Waals surface area (Å²) in [5, 5.41) is 5.81. The molecule has 17 heavy (non-hydrogen) atoms. The first-order chi connectivity index (χ1) is 8.23. The summed E-state index contributed by atoms with van der Waals surface area (Å²) in [5.41, 5.74) is 0.426. The number of thiophene rings is 1. The van der Waals surface area contributed by atoms with Crippen LogP contribution in [0.4, 0.5) is 0 Å². The second-order valence-electron chi connectivity index (χ2n) is 5.33. The van der Waals surface area contributed by atoms with Crippen molar-refractivity contribution in [2.45, 2.75) is 37.6 Å². The van der Waals surface area contributed by atoms with Crippen LogP contribution in [0.3, 0.4) is 0 Å². The lowest BCUT2D eigenvalue weighted by Crippen LogP contribution is -2.49. The Kier molecular flexibility index (Phi) is 4.60. The van der Waals surface area contributed by atoms with Gasteiger partial charge in [0.2, 0.25) is 0 Å². The van der Waals surface area contributed by atoms with Gasteiger partial charge in [-0.2, -0.15) is 0 Å². The maximum absolute atomic E-state index is 3.65. The molecule has 0 aliphatic heterocycles. The van der Waals surface area contributed by atoms with Crippen molar-refractivity contribution in [1.29, 1.82) is 0 Å². The van der Waals surface area contributed by atoms with Crippen LogP contribution in [-0.4, -0.2) is 37.6 Å². The molecule has 1 N–H and O–H groups in total. The molecule has 2 rings (SSSR count). The zero-order valence-corrected chi connectivity index (χ0v) is 11.9. The molecule has 0 atom stereocenters. The van der Waals surface area contributed by atoms with E-state index in [4.69, 9.17) is 0 Å². The molecule has 1 aromatic heterocycles. The van der Waals surface area contributed by atoms with E-state index >= 15 is 0 Å². The van der Waals surface area contributed by atoms with Crippen LogP contribution in [0.15, 0.2) is 17.5 Å². The van der Waals surface area contributed by atoms with E-state index in [1.54, 1.807) is 0 Å². The fraction of sp³-hybridized carbons (Fsp3) is 0.714. The molecule has 0 unspecified atom stereocenters. The van der Waals surface area contributed by atoms with E-state index in [0.29, 0.717) is 5.54 Å². The number of hydrogen-bond donors (Lipinski definition) is 1. The minimum atomic E-state index is 0.426. The first kappa shape index (κ1) is 13.1. The van der Waals surface area contributed by atoms with Gasteiger partial charge in [0.05, 0.1) is 0 Å². The molecule has 0 bridgehead atoms. The lowest BCUT2D eigenvalue weighted by molar-refractivity contribution is 0.154. The van der Waals surface area contributed by atoms with Gasteiger partial charge in [-0.1, -0.05) is 18.9 Å². The molecule has 3 heteroatoms. The molecule has 1 heterocycles.